The van der Waals surface area contributed by atoms with Crippen molar-refractivity contribution in [1.29, 1.82) is 0 Å². The van der Waals surface area contributed by atoms with E-state index in [1.165, 1.54) is 10.8 Å². The van der Waals surface area contributed by atoms with Gasteiger partial charge >= 0.3 is 0 Å². The number of nitrogens with one attached hydrogen (secondary N) is 1. The zero-order valence-corrected chi connectivity index (χ0v) is 11.1. The van der Waals surface area contributed by atoms with Gasteiger partial charge in [-0.1, -0.05) is 43.3 Å². The van der Waals surface area contributed by atoms with Crippen LogP contribution in [0.4, 0.5) is 0 Å². The average molecular weight is 243 g/mol. The SMILES string of the molecule is CCC(C)NC(CO)c1ccc2ccccc2c1. The number of rotatable bonds is 5. The van der Waals surface area contributed by atoms with Crippen LogP contribution in [0.1, 0.15) is 31.9 Å². The molecule has 0 radical (unpaired) electrons. The van der Waals surface area contributed by atoms with Gasteiger partial charge in [0.25, 0.3) is 0 Å². The minimum atomic E-state index is 0.0181. The second-order valence-electron chi connectivity index (χ2n) is 4.82. The number of fused-ring (bicyclic) bond motifs is 1. The lowest BCUT2D eigenvalue weighted by molar-refractivity contribution is 0.234. The number of aliphatic hydroxyl groups excluding tert-OH is 1. The molecule has 0 aliphatic rings. The largest absolute Gasteiger partial charge is 0.394 e. The van der Waals surface area contributed by atoms with Gasteiger partial charge in [0, 0.05) is 6.04 Å². The van der Waals surface area contributed by atoms with Crippen molar-refractivity contribution in [3.8, 4) is 0 Å². The summed E-state index contributed by atoms with van der Waals surface area (Å²) in [7, 11) is 0. The molecule has 0 heterocycles. The van der Waals surface area contributed by atoms with E-state index in [0.29, 0.717) is 6.04 Å². The molecule has 0 fully saturated rings. The molecule has 18 heavy (non-hydrogen) atoms. The van der Waals surface area contributed by atoms with Crippen LogP contribution in [-0.4, -0.2) is 17.8 Å². The molecule has 2 atom stereocenters. The molecular formula is C16H21NO. The fourth-order valence-electron chi connectivity index (χ4n) is 2.14. The fourth-order valence-corrected chi connectivity index (χ4v) is 2.14. The van der Waals surface area contributed by atoms with E-state index >= 15 is 0 Å². The third kappa shape index (κ3) is 2.89. The van der Waals surface area contributed by atoms with E-state index in [1.54, 1.807) is 0 Å². The van der Waals surface area contributed by atoms with Gasteiger partial charge in [-0.3, -0.25) is 0 Å². The van der Waals surface area contributed by atoms with Crippen LogP contribution in [-0.2, 0) is 0 Å². The predicted octanol–water partition coefficient (Wildman–Crippen LogP) is 3.26. The molecule has 0 saturated heterocycles. The molecule has 2 unspecified atom stereocenters. The van der Waals surface area contributed by atoms with Gasteiger partial charge in [0.05, 0.1) is 12.6 Å². The summed E-state index contributed by atoms with van der Waals surface area (Å²) in [5.74, 6) is 0. The van der Waals surface area contributed by atoms with E-state index in [9.17, 15) is 5.11 Å². The van der Waals surface area contributed by atoms with E-state index in [2.05, 4.69) is 49.5 Å². The summed E-state index contributed by atoms with van der Waals surface area (Å²) in [4.78, 5) is 0. The maximum absolute atomic E-state index is 9.53. The van der Waals surface area contributed by atoms with E-state index < -0.39 is 0 Å². The van der Waals surface area contributed by atoms with Crippen molar-refractivity contribution < 1.29 is 5.11 Å². The first kappa shape index (κ1) is 13.1. The topological polar surface area (TPSA) is 32.3 Å². The second-order valence-corrected chi connectivity index (χ2v) is 4.82. The van der Waals surface area contributed by atoms with Crippen molar-refractivity contribution in [2.45, 2.75) is 32.4 Å². The summed E-state index contributed by atoms with van der Waals surface area (Å²) in [6, 6.07) is 15.1. The Kier molecular flexibility index (Phi) is 4.34. The maximum atomic E-state index is 9.53. The molecule has 2 N–H and O–H groups in total. The molecule has 2 heteroatoms. The van der Waals surface area contributed by atoms with Gasteiger partial charge in [0.2, 0.25) is 0 Å². The highest BCUT2D eigenvalue weighted by atomic mass is 16.3. The standard InChI is InChI=1S/C16H21NO/c1-3-12(2)17-16(11-18)15-9-8-13-6-4-5-7-14(13)10-15/h4-10,12,16-18H,3,11H2,1-2H3. The van der Waals surface area contributed by atoms with E-state index in [4.69, 9.17) is 0 Å². The Hall–Kier alpha value is -1.38. The molecule has 0 aromatic heterocycles. The summed E-state index contributed by atoms with van der Waals surface area (Å²) in [6.45, 7) is 4.42. The summed E-state index contributed by atoms with van der Waals surface area (Å²) in [5.41, 5.74) is 1.15. The summed E-state index contributed by atoms with van der Waals surface area (Å²) < 4.78 is 0. The normalized spacial score (nSPS) is 14.6. The van der Waals surface area contributed by atoms with Crippen molar-refractivity contribution in [3.05, 3.63) is 48.0 Å². The molecular weight excluding hydrogens is 222 g/mol. The Labute approximate surface area is 109 Å². The molecule has 0 aliphatic heterocycles. The fraction of sp³-hybridized carbons (Fsp3) is 0.375. The van der Waals surface area contributed by atoms with E-state index in [0.717, 1.165) is 12.0 Å². The van der Waals surface area contributed by atoms with Crippen molar-refractivity contribution in [3.63, 3.8) is 0 Å². The van der Waals surface area contributed by atoms with Gasteiger partial charge in [0.15, 0.2) is 0 Å². The predicted molar refractivity (Wildman–Crippen MR) is 76.7 cm³/mol. The highest BCUT2D eigenvalue weighted by Gasteiger charge is 2.12. The van der Waals surface area contributed by atoms with Crippen molar-refractivity contribution >= 4 is 10.8 Å². The summed E-state index contributed by atoms with van der Waals surface area (Å²) in [5, 5.41) is 15.4. The molecule has 96 valence electrons. The zero-order valence-electron chi connectivity index (χ0n) is 11.1. The first-order chi connectivity index (χ1) is 8.74. The van der Waals surface area contributed by atoms with Crippen molar-refractivity contribution in [2.75, 3.05) is 6.61 Å². The van der Waals surface area contributed by atoms with Crippen LogP contribution in [0.3, 0.4) is 0 Å². The third-order valence-corrected chi connectivity index (χ3v) is 3.46. The Morgan fingerprint density at radius 1 is 1.11 bits per heavy atom. The van der Waals surface area contributed by atoms with Gasteiger partial charge < -0.3 is 10.4 Å². The first-order valence-electron chi connectivity index (χ1n) is 6.60. The van der Waals surface area contributed by atoms with Gasteiger partial charge in [-0.15, -0.1) is 0 Å². The van der Waals surface area contributed by atoms with E-state index in [1.807, 2.05) is 12.1 Å². The average Bonchev–Trinajstić information content (AvgIpc) is 2.44. The lowest BCUT2D eigenvalue weighted by Crippen LogP contribution is -2.32. The number of hydrogen-bond acceptors (Lipinski definition) is 2. The second kappa shape index (κ2) is 5.98. The Balaban J connectivity index is 2.27. The van der Waals surface area contributed by atoms with E-state index in [-0.39, 0.29) is 12.6 Å². The van der Waals surface area contributed by atoms with Crippen LogP contribution < -0.4 is 5.32 Å². The Morgan fingerprint density at radius 3 is 2.50 bits per heavy atom. The lowest BCUT2D eigenvalue weighted by Gasteiger charge is -2.21. The van der Waals surface area contributed by atoms with Crippen LogP contribution in [0.2, 0.25) is 0 Å². The molecule has 0 saturated carbocycles. The van der Waals surface area contributed by atoms with Gasteiger partial charge in [-0.05, 0) is 35.7 Å². The minimum Gasteiger partial charge on any atom is -0.394 e. The number of benzene rings is 2. The van der Waals surface area contributed by atoms with Crippen molar-refractivity contribution in [1.82, 2.24) is 5.32 Å². The van der Waals surface area contributed by atoms with Crippen LogP contribution in [0.25, 0.3) is 10.8 Å². The quantitative estimate of drug-likeness (QED) is 0.844. The zero-order chi connectivity index (χ0) is 13.0. The van der Waals surface area contributed by atoms with Crippen LogP contribution in [0, 0.1) is 0 Å². The van der Waals surface area contributed by atoms with Gasteiger partial charge in [-0.2, -0.15) is 0 Å². The Bertz CT molecular complexity index is 509. The molecule has 2 aromatic rings. The molecule has 2 nitrogen and oxygen atoms in total. The maximum Gasteiger partial charge on any atom is 0.0626 e. The molecule has 0 bridgehead atoms. The minimum absolute atomic E-state index is 0.0181. The molecule has 2 rings (SSSR count). The van der Waals surface area contributed by atoms with Crippen LogP contribution in [0.15, 0.2) is 42.5 Å². The monoisotopic (exact) mass is 243 g/mol. The molecule has 0 spiro atoms. The van der Waals surface area contributed by atoms with Gasteiger partial charge in [0.1, 0.15) is 0 Å². The van der Waals surface area contributed by atoms with Crippen LogP contribution >= 0.6 is 0 Å². The van der Waals surface area contributed by atoms with Gasteiger partial charge in [-0.25, -0.2) is 0 Å². The first-order valence-corrected chi connectivity index (χ1v) is 6.60. The smallest absolute Gasteiger partial charge is 0.0626 e. The summed E-state index contributed by atoms with van der Waals surface area (Å²) in [6.07, 6.45) is 1.06. The lowest BCUT2D eigenvalue weighted by atomic mass is 10.0. The molecule has 0 amide bonds. The molecule has 0 aliphatic carbocycles. The highest BCUT2D eigenvalue weighted by Crippen LogP contribution is 2.20. The third-order valence-electron chi connectivity index (χ3n) is 3.46. The van der Waals surface area contributed by atoms with Crippen LogP contribution in [0.5, 0.6) is 0 Å². The van der Waals surface area contributed by atoms with Crippen molar-refractivity contribution in [2.24, 2.45) is 0 Å². The highest BCUT2D eigenvalue weighted by molar-refractivity contribution is 5.83. The number of aliphatic hydroxyl groups is 1. The summed E-state index contributed by atoms with van der Waals surface area (Å²) >= 11 is 0. The molecule has 2 aromatic carbocycles. The Morgan fingerprint density at radius 2 is 1.83 bits per heavy atom. The number of hydrogen-bond donors (Lipinski definition) is 2.